The third-order valence-corrected chi connectivity index (χ3v) is 2.90. The van der Waals surface area contributed by atoms with Gasteiger partial charge in [0, 0.05) is 18.4 Å². The fraction of sp³-hybridized carbons (Fsp3) is 0.583. The van der Waals surface area contributed by atoms with E-state index < -0.39 is 0 Å². The lowest BCUT2D eigenvalue weighted by Crippen LogP contribution is -2.33. The predicted molar refractivity (Wildman–Crippen MR) is 63.5 cm³/mol. The zero-order valence-electron chi connectivity index (χ0n) is 9.83. The summed E-state index contributed by atoms with van der Waals surface area (Å²) in [6.45, 7) is 5.19. The third-order valence-electron chi connectivity index (χ3n) is 2.90. The van der Waals surface area contributed by atoms with Gasteiger partial charge in [-0.25, -0.2) is 0 Å². The molecule has 0 amide bonds. The summed E-state index contributed by atoms with van der Waals surface area (Å²) < 4.78 is 0. The molecule has 3 heteroatoms. The standard InChI is InChI=1S/C12H21N3/c1-12(2,6-7-13)11(14-3)10-4-8-15-9-5-10/h4-5,8-9,11,14H,6-7,13H2,1-3H3. The van der Waals surface area contributed by atoms with Crippen molar-refractivity contribution in [3.63, 3.8) is 0 Å². The van der Waals surface area contributed by atoms with Gasteiger partial charge < -0.3 is 11.1 Å². The average molecular weight is 207 g/mol. The van der Waals surface area contributed by atoms with Crippen LogP contribution in [-0.2, 0) is 0 Å². The lowest BCUT2D eigenvalue weighted by atomic mass is 9.78. The second kappa shape index (κ2) is 5.24. The SMILES string of the molecule is CNC(c1ccncc1)C(C)(C)CCN. The van der Waals surface area contributed by atoms with E-state index >= 15 is 0 Å². The van der Waals surface area contributed by atoms with E-state index in [1.54, 1.807) is 0 Å². The van der Waals surface area contributed by atoms with Crippen molar-refractivity contribution in [1.29, 1.82) is 0 Å². The monoisotopic (exact) mass is 207 g/mol. The highest BCUT2D eigenvalue weighted by Gasteiger charge is 2.28. The molecule has 1 atom stereocenters. The molecule has 1 heterocycles. The molecule has 0 bridgehead atoms. The first-order valence-corrected chi connectivity index (χ1v) is 5.39. The summed E-state index contributed by atoms with van der Waals surface area (Å²) in [5.41, 5.74) is 7.07. The molecule has 3 N–H and O–H groups in total. The normalized spacial score (nSPS) is 13.9. The van der Waals surface area contributed by atoms with Crippen LogP contribution >= 0.6 is 0 Å². The molecule has 0 spiro atoms. The van der Waals surface area contributed by atoms with E-state index in [2.05, 4.69) is 36.3 Å². The van der Waals surface area contributed by atoms with Crippen molar-refractivity contribution in [2.45, 2.75) is 26.3 Å². The van der Waals surface area contributed by atoms with E-state index in [-0.39, 0.29) is 5.41 Å². The first-order valence-electron chi connectivity index (χ1n) is 5.39. The summed E-state index contributed by atoms with van der Waals surface area (Å²) in [5.74, 6) is 0. The summed E-state index contributed by atoms with van der Waals surface area (Å²) in [5, 5.41) is 3.36. The second-order valence-electron chi connectivity index (χ2n) is 4.53. The first-order chi connectivity index (χ1) is 7.11. The molecule has 0 aliphatic carbocycles. The maximum atomic E-state index is 5.65. The van der Waals surface area contributed by atoms with Gasteiger partial charge in [-0.2, -0.15) is 0 Å². The minimum absolute atomic E-state index is 0.158. The Kier molecular flexibility index (Phi) is 4.24. The maximum absolute atomic E-state index is 5.65. The Morgan fingerprint density at radius 3 is 2.47 bits per heavy atom. The molecule has 0 saturated heterocycles. The lowest BCUT2D eigenvalue weighted by molar-refractivity contribution is 0.239. The molecule has 84 valence electrons. The zero-order valence-corrected chi connectivity index (χ0v) is 9.83. The highest BCUT2D eigenvalue weighted by Crippen LogP contribution is 2.35. The van der Waals surface area contributed by atoms with Gasteiger partial charge in [-0.1, -0.05) is 13.8 Å². The molecule has 0 saturated carbocycles. The number of nitrogens with zero attached hydrogens (tertiary/aromatic N) is 1. The number of rotatable bonds is 5. The van der Waals surface area contributed by atoms with Crippen LogP contribution in [0.1, 0.15) is 31.9 Å². The van der Waals surface area contributed by atoms with E-state index in [0.717, 1.165) is 13.0 Å². The van der Waals surface area contributed by atoms with Crippen LogP contribution < -0.4 is 11.1 Å². The number of nitrogens with one attached hydrogen (secondary N) is 1. The van der Waals surface area contributed by atoms with Crippen LogP contribution in [0.15, 0.2) is 24.5 Å². The molecular formula is C12H21N3. The minimum atomic E-state index is 0.158. The van der Waals surface area contributed by atoms with Gasteiger partial charge in [-0.05, 0) is 43.1 Å². The number of hydrogen-bond donors (Lipinski definition) is 2. The summed E-state index contributed by atoms with van der Waals surface area (Å²) in [7, 11) is 1.99. The molecular weight excluding hydrogens is 186 g/mol. The Balaban J connectivity index is 2.89. The summed E-state index contributed by atoms with van der Waals surface area (Å²) in [6, 6.07) is 4.43. The van der Waals surface area contributed by atoms with Crippen LogP contribution in [0.25, 0.3) is 0 Å². The van der Waals surface area contributed by atoms with Crippen LogP contribution in [0.2, 0.25) is 0 Å². The molecule has 1 aromatic heterocycles. The molecule has 0 radical (unpaired) electrons. The molecule has 0 fully saturated rings. The highest BCUT2D eigenvalue weighted by atomic mass is 14.9. The molecule has 0 aliphatic heterocycles. The fourth-order valence-corrected chi connectivity index (χ4v) is 2.08. The predicted octanol–water partition coefficient (Wildman–Crippen LogP) is 1.72. The topological polar surface area (TPSA) is 50.9 Å². The van der Waals surface area contributed by atoms with Gasteiger partial charge in [-0.15, -0.1) is 0 Å². The van der Waals surface area contributed by atoms with Crippen molar-refractivity contribution in [3.8, 4) is 0 Å². The molecule has 15 heavy (non-hydrogen) atoms. The molecule has 0 aromatic carbocycles. The largest absolute Gasteiger partial charge is 0.330 e. The number of aromatic nitrogens is 1. The van der Waals surface area contributed by atoms with E-state index in [0.29, 0.717) is 6.04 Å². The molecule has 0 aliphatic rings. The Hall–Kier alpha value is -0.930. The van der Waals surface area contributed by atoms with E-state index in [1.165, 1.54) is 5.56 Å². The molecule has 3 nitrogen and oxygen atoms in total. The van der Waals surface area contributed by atoms with Crippen LogP contribution in [-0.4, -0.2) is 18.6 Å². The summed E-state index contributed by atoms with van der Waals surface area (Å²) >= 11 is 0. The zero-order chi connectivity index (χ0) is 11.3. The highest BCUT2D eigenvalue weighted by molar-refractivity contribution is 5.17. The van der Waals surface area contributed by atoms with Crippen molar-refractivity contribution in [2.75, 3.05) is 13.6 Å². The van der Waals surface area contributed by atoms with Crippen molar-refractivity contribution in [3.05, 3.63) is 30.1 Å². The van der Waals surface area contributed by atoms with Gasteiger partial charge in [0.15, 0.2) is 0 Å². The Morgan fingerprint density at radius 2 is 2.00 bits per heavy atom. The number of nitrogens with two attached hydrogens (primary N) is 1. The van der Waals surface area contributed by atoms with Crippen molar-refractivity contribution < 1.29 is 0 Å². The number of hydrogen-bond acceptors (Lipinski definition) is 3. The fourth-order valence-electron chi connectivity index (χ4n) is 2.08. The van der Waals surface area contributed by atoms with Crippen molar-refractivity contribution in [1.82, 2.24) is 10.3 Å². The molecule has 1 aromatic rings. The maximum Gasteiger partial charge on any atom is 0.0371 e. The van der Waals surface area contributed by atoms with E-state index in [4.69, 9.17) is 5.73 Å². The Labute approximate surface area is 92.1 Å². The molecule has 1 unspecified atom stereocenters. The van der Waals surface area contributed by atoms with Gasteiger partial charge in [0.05, 0.1) is 0 Å². The Morgan fingerprint density at radius 1 is 1.40 bits per heavy atom. The average Bonchev–Trinajstić information content (AvgIpc) is 2.19. The van der Waals surface area contributed by atoms with Crippen molar-refractivity contribution in [2.24, 2.45) is 11.1 Å². The number of pyridine rings is 1. The smallest absolute Gasteiger partial charge is 0.0371 e. The van der Waals surface area contributed by atoms with Gasteiger partial charge in [-0.3, -0.25) is 4.98 Å². The quantitative estimate of drug-likeness (QED) is 0.773. The Bertz CT molecular complexity index is 282. The first kappa shape index (κ1) is 12.1. The summed E-state index contributed by atoms with van der Waals surface area (Å²) in [4.78, 5) is 4.04. The van der Waals surface area contributed by atoms with Crippen molar-refractivity contribution >= 4 is 0 Å². The molecule has 1 rings (SSSR count). The van der Waals surface area contributed by atoms with Gasteiger partial charge in [0.25, 0.3) is 0 Å². The minimum Gasteiger partial charge on any atom is -0.330 e. The van der Waals surface area contributed by atoms with Crippen LogP contribution in [0, 0.1) is 5.41 Å². The van der Waals surface area contributed by atoms with E-state index in [1.807, 2.05) is 19.4 Å². The van der Waals surface area contributed by atoms with Gasteiger partial charge in [0.1, 0.15) is 0 Å². The summed E-state index contributed by atoms with van der Waals surface area (Å²) in [6.07, 6.45) is 4.66. The van der Waals surface area contributed by atoms with Crippen LogP contribution in [0.3, 0.4) is 0 Å². The van der Waals surface area contributed by atoms with Crippen LogP contribution in [0.4, 0.5) is 0 Å². The second-order valence-corrected chi connectivity index (χ2v) is 4.53. The van der Waals surface area contributed by atoms with Gasteiger partial charge in [0.2, 0.25) is 0 Å². The van der Waals surface area contributed by atoms with Gasteiger partial charge >= 0.3 is 0 Å². The van der Waals surface area contributed by atoms with E-state index in [9.17, 15) is 0 Å². The third kappa shape index (κ3) is 3.01. The van der Waals surface area contributed by atoms with Crippen LogP contribution in [0.5, 0.6) is 0 Å². The lowest BCUT2D eigenvalue weighted by Gasteiger charge is -2.34.